The number of unbranched alkanes of at least 4 members (excludes halogenated alkanes) is 14. The van der Waals surface area contributed by atoms with Crippen LogP contribution in [-0.2, 0) is 14.3 Å². The first kappa shape index (κ1) is 28.9. The number of carbonyl (C=O) groups excluding carboxylic acids is 1. The summed E-state index contributed by atoms with van der Waals surface area (Å²) in [5.41, 5.74) is 0. The van der Waals surface area contributed by atoms with Gasteiger partial charge in [0.2, 0.25) is 0 Å². The van der Waals surface area contributed by atoms with Crippen LogP contribution in [-0.4, -0.2) is 23.1 Å². The zero-order valence-corrected chi connectivity index (χ0v) is 20.1. The standard InChI is InChI=1S/C26H50O4/c1-3-5-6-7-8-9-10-11-12-13-14-15-16-17-18-23-26(29)30-24(20-4-2)21-19-22-25(27)28/h24H,3-23H2,1-2H3,(H,27,28). The average Bonchev–Trinajstić information content (AvgIpc) is 2.70. The third kappa shape index (κ3) is 21.6. The Morgan fingerprint density at radius 1 is 0.600 bits per heavy atom. The van der Waals surface area contributed by atoms with Crippen LogP contribution in [0.3, 0.4) is 0 Å². The van der Waals surface area contributed by atoms with E-state index in [4.69, 9.17) is 9.84 Å². The van der Waals surface area contributed by atoms with Gasteiger partial charge < -0.3 is 9.84 Å². The quantitative estimate of drug-likeness (QED) is 0.132. The summed E-state index contributed by atoms with van der Waals surface area (Å²) in [5.74, 6) is -0.896. The fourth-order valence-electron chi connectivity index (χ4n) is 3.95. The molecule has 0 saturated heterocycles. The molecule has 0 heterocycles. The molecule has 0 bridgehead atoms. The molecule has 30 heavy (non-hydrogen) atoms. The Labute approximate surface area is 186 Å². The number of carboxylic acid groups (broad SMARTS) is 1. The van der Waals surface area contributed by atoms with E-state index in [9.17, 15) is 9.59 Å². The molecule has 1 unspecified atom stereocenters. The highest BCUT2D eigenvalue weighted by atomic mass is 16.5. The molecule has 0 aromatic heterocycles. The summed E-state index contributed by atoms with van der Waals surface area (Å²) in [6.07, 6.45) is 23.3. The van der Waals surface area contributed by atoms with E-state index < -0.39 is 5.97 Å². The van der Waals surface area contributed by atoms with Crippen LogP contribution in [0.4, 0.5) is 0 Å². The number of aliphatic carboxylic acids is 1. The molecule has 0 aliphatic carbocycles. The molecule has 0 aliphatic rings. The minimum atomic E-state index is -0.783. The van der Waals surface area contributed by atoms with Crippen LogP contribution in [0.1, 0.15) is 149 Å². The van der Waals surface area contributed by atoms with Crippen LogP contribution in [0.15, 0.2) is 0 Å². The van der Waals surface area contributed by atoms with Crippen molar-refractivity contribution < 1.29 is 19.4 Å². The molecule has 4 heteroatoms. The maximum absolute atomic E-state index is 12.0. The van der Waals surface area contributed by atoms with Crippen molar-refractivity contribution in [1.29, 1.82) is 0 Å². The summed E-state index contributed by atoms with van der Waals surface area (Å²) in [6, 6.07) is 0. The molecule has 0 aliphatic heterocycles. The summed E-state index contributed by atoms with van der Waals surface area (Å²) in [5, 5.41) is 8.73. The minimum absolute atomic E-state index is 0.113. The fraction of sp³-hybridized carbons (Fsp3) is 0.923. The second-order valence-electron chi connectivity index (χ2n) is 8.89. The molecule has 0 aromatic rings. The molecular formula is C26H50O4. The predicted molar refractivity (Wildman–Crippen MR) is 126 cm³/mol. The van der Waals surface area contributed by atoms with E-state index in [1.165, 1.54) is 83.5 Å². The summed E-state index contributed by atoms with van der Waals surface area (Å²) in [7, 11) is 0. The Morgan fingerprint density at radius 3 is 1.50 bits per heavy atom. The molecular weight excluding hydrogens is 376 g/mol. The Morgan fingerprint density at radius 2 is 1.07 bits per heavy atom. The first-order valence-corrected chi connectivity index (χ1v) is 13.0. The van der Waals surface area contributed by atoms with Gasteiger partial charge in [-0.25, -0.2) is 0 Å². The summed E-state index contributed by atoms with van der Waals surface area (Å²) in [4.78, 5) is 22.6. The second-order valence-corrected chi connectivity index (χ2v) is 8.89. The van der Waals surface area contributed by atoms with Gasteiger partial charge in [-0.2, -0.15) is 0 Å². The van der Waals surface area contributed by atoms with Gasteiger partial charge in [0.1, 0.15) is 6.10 Å². The van der Waals surface area contributed by atoms with E-state index in [0.717, 1.165) is 25.7 Å². The minimum Gasteiger partial charge on any atom is -0.481 e. The molecule has 0 rings (SSSR count). The molecule has 0 spiro atoms. The van der Waals surface area contributed by atoms with Crippen LogP contribution < -0.4 is 0 Å². The maximum atomic E-state index is 12.0. The van der Waals surface area contributed by atoms with Gasteiger partial charge >= 0.3 is 11.9 Å². The Kier molecular flexibility index (Phi) is 21.8. The van der Waals surface area contributed by atoms with Gasteiger partial charge in [-0.15, -0.1) is 0 Å². The lowest BCUT2D eigenvalue weighted by molar-refractivity contribution is -0.150. The largest absolute Gasteiger partial charge is 0.481 e. The number of hydrogen-bond acceptors (Lipinski definition) is 3. The van der Waals surface area contributed by atoms with Crippen molar-refractivity contribution in [2.24, 2.45) is 0 Å². The Hall–Kier alpha value is -1.06. The van der Waals surface area contributed by atoms with E-state index in [-0.39, 0.29) is 18.5 Å². The third-order valence-corrected chi connectivity index (χ3v) is 5.81. The van der Waals surface area contributed by atoms with Gasteiger partial charge in [-0.05, 0) is 25.7 Å². The van der Waals surface area contributed by atoms with Gasteiger partial charge in [0.15, 0.2) is 0 Å². The Bertz CT molecular complexity index is 394. The lowest BCUT2D eigenvalue weighted by atomic mass is 10.0. The van der Waals surface area contributed by atoms with Crippen LogP contribution in [0.5, 0.6) is 0 Å². The lowest BCUT2D eigenvalue weighted by Gasteiger charge is -2.17. The lowest BCUT2D eigenvalue weighted by Crippen LogP contribution is -2.18. The van der Waals surface area contributed by atoms with E-state index in [1.807, 2.05) is 0 Å². The van der Waals surface area contributed by atoms with Crippen molar-refractivity contribution in [1.82, 2.24) is 0 Å². The summed E-state index contributed by atoms with van der Waals surface area (Å²) in [6.45, 7) is 4.33. The van der Waals surface area contributed by atoms with E-state index in [0.29, 0.717) is 19.3 Å². The summed E-state index contributed by atoms with van der Waals surface area (Å²) < 4.78 is 5.56. The fourth-order valence-corrected chi connectivity index (χ4v) is 3.95. The molecule has 4 nitrogen and oxygen atoms in total. The van der Waals surface area contributed by atoms with Crippen molar-refractivity contribution in [3.63, 3.8) is 0 Å². The van der Waals surface area contributed by atoms with Crippen LogP contribution in [0.2, 0.25) is 0 Å². The maximum Gasteiger partial charge on any atom is 0.306 e. The van der Waals surface area contributed by atoms with E-state index in [1.54, 1.807) is 0 Å². The number of carboxylic acids is 1. The highest BCUT2D eigenvalue weighted by Gasteiger charge is 2.14. The van der Waals surface area contributed by atoms with Crippen molar-refractivity contribution in [3.05, 3.63) is 0 Å². The average molecular weight is 427 g/mol. The van der Waals surface area contributed by atoms with E-state index in [2.05, 4.69) is 13.8 Å². The van der Waals surface area contributed by atoms with Crippen LogP contribution in [0, 0.1) is 0 Å². The normalized spacial score (nSPS) is 12.1. The smallest absolute Gasteiger partial charge is 0.306 e. The van der Waals surface area contributed by atoms with Gasteiger partial charge in [-0.1, -0.05) is 110 Å². The van der Waals surface area contributed by atoms with Crippen molar-refractivity contribution >= 4 is 11.9 Å². The molecule has 0 aromatic carbocycles. The highest BCUT2D eigenvalue weighted by Crippen LogP contribution is 2.15. The number of rotatable bonds is 23. The highest BCUT2D eigenvalue weighted by molar-refractivity contribution is 5.69. The van der Waals surface area contributed by atoms with Crippen molar-refractivity contribution in [2.75, 3.05) is 0 Å². The molecule has 1 atom stereocenters. The number of carbonyl (C=O) groups is 2. The van der Waals surface area contributed by atoms with Gasteiger partial charge in [-0.3, -0.25) is 9.59 Å². The first-order valence-electron chi connectivity index (χ1n) is 13.0. The van der Waals surface area contributed by atoms with Gasteiger partial charge in [0.05, 0.1) is 0 Å². The van der Waals surface area contributed by atoms with Crippen LogP contribution >= 0.6 is 0 Å². The van der Waals surface area contributed by atoms with Gasteiger partial charge in [0, 0.05) is 12.8 Å². The monoisotopic (exact) mass is 426 g/mol. The molecule has 0 amide bonds. The van der Waals surface area contributed by atoms with Crippen molar-refractivity contribution in [2.45, 2.75) is 155 Å². The second kappa shape index (κ2) is 22.6. The zero-order valence-electron chi connectivity index (χ0n) is 20.1. The van der Waals surface area contributed by atoms with Gasteiger partial charge in [0.25, 0.3) is 0 Å². The van der Waals surface area contributed by atoms with Crippen LogP contribution in [0.25, 0.3) is 0 Å². The molecule has 0 saturated carbocycles. The van der Waals surface area contributed by atoms with E-state index >= 15 is 0 Å². The van der Waals surface area contributed by atoms with Crippen molar-refractivity contribution in [3.8, 4) is 0 Å². The third-order valence-electron chi connectivity index (χ3n) is 5.81. The number of esters is 1. The Balaban J connectivity index is 3.45. The topological polar surface area (TPSA) is 63.6 Å². The molecule has 0 radical (unpaired) electrons. The summed E-state index contributed by atoms with van der Waals surface area (Å²) >= 11 is 0. The molecule has 1 N–H and O–H groups in total. The predicted octanol–water partition coefficient (Wildman–Crippen LogP) is 8.21. The number of hydrogen-bond donors (Lipinski definition) is 1. The zero-order chi connectivity index (χ0) is 22.3. The SMILES string of the molecule is CCCCCCCCCCCCCCCCCC(=O)OC(CCC)CCCC(=O)O. The first-order chi connectivity index (χ1) is 14.6. The molecule has 0 fully saturated rings. The number of ether oxygens (including phenoxy) is 1. The molecule has 178 valence electrons.